The lowest BCUT2D eigenvalue weighted by molar-refractivity contribution is 0.0895. The summed E-state index contributed by atoms with van der Waals surface area (Å²) in [5.41, 5.74) is 5.79. The normalized spacial score (nSPS) is 18.1. The fourth-order valence-electron chi connectivity index (χ4n) is 3.00. The van der Waals surface area contributed by atoms with Crippen LogP contribution in [0.2, 0.25) is 0 Å². The number of nitrogens with zero attached hydrogens (tertiary/aromatic N) is 3. The van der Waals surface area contributed by atoms with Gasteiger partial charge in [0.05, 0.1) is 0 Å². The van der Waals surface area contributed by atoms with Gasteiger partial charge in [-0.25, -0.2) is 18.7 Å². The first kappa shape index (κ1) is 17.2. The van der Waals surface area contributed by atoms with Crippen LogP contribution >= 0.6 is 0 Å². The maximum Gasteiger partial charge on any atom is 0.273 e. The van der Waals surface area contributed by atoms with Gasteiger partial charge in [-0.1, -0.05) is 6.07 Å². The molecule has 0 bridgehead atoms. The summed E-state index contributed by atoms with van der Waals surface area (Å²) in [5.74, 6) is -1.44. The van der Waals surface area contributed by atoms with E-state index in [2.05, 4.69) is 15.3 Å². The van der Waals surface area contributed by atoms with E-state index in [0.29, 0.717) is 13.1 Å². The minimum absolute atomic E-state index is 0.0487. The number of amides is 1. The van der Waals surface area contributed by atoms with Crippen LogP contribution in [0.15, 0.2) is 30.6 Å². The lowest BCUT2D eigenvalue weighted by atomic mass is 10.0. The monoisotopic (exact) mass is 347 g/mol. The first-order valence-corrected chi connectivity index (χ1v) is 8.07. The fraction of sp³-hybridized carbons (Fsp3) is 0.353. The molecule has 0 radical (unpaired) electrons. The van der Waals surface area contributed by atoms with Crippen LogP contribution in [0.5, 0.6) is 0 Å². The molecule has 132 valence electrons. The molecule has 0 aliphatic carbocycles. The molecule has 1 aromatic carbocycles. The van der Waals surface area contributed by atoms with Crippen molar-refractivity contribution >= 4 is 11.7 Å². The van der Waals surface area contributed by atoms with E-state index in [4.69, 9.17) is 5.73 Å². The predicted octanol–water partition coefficient (Wildman–Crippen LogP) is 1.73. The zero-order chi connectivity index (χ0) is 17.8. The molecule has 3 rings (SSSR count). The van der Waals surface area contributed by atoms with Gasteiger partial charge in [0, 0.05) is 37.1 Å². The number of piperidine rings is 1. The Morgan fingerprint density at radius 1 is 1.28 bits per heavy atom. The number of halogens is 2. The summed E-state index contributed by atoms with van der Waals surface area (Å²) in [4.78, 5) is 22.0. The second-order valence-electron chi connectivity index (χ2n) is 6.04. The predicted molar refractivity (Wildman–Crippen MR) is 88.6 cm³/mol. The lowest BCUT2D eigenvalue weighted by Crippen LogP contribution is -2.47. The third kappa shape index (κ3) is 4.08. The van der Waals surface area contributed by atoms with Gasteiger partial charge in [-0.15, -0.1) is 0 Å². The summed E-state index contributed by atoms with van der Waals surface area (Å²) < 4.78 is 27.6. The van der Waals surface area contributed by atoms with E-state index >= 15 is 0 Å². The molecule has 1 amide bonds. The highest BCUT2D eigenvalue weighted by atomic mass is 19.1. The first-order chi connectivity index (χ1) is 12.0. The Balaban J connectivity index is 1.63. The molecule has 1 aliphatic rings. The smallest absolute Gasteiger partial charge is 0.273 e. The maximum absolute atomic E-state index is 13.8. The van der Waals surface area contributed by atoms with Crippen LogP contribution in [-0.2, 0) is 6.54 Å². The number of carbonyl (C=O) groups excluding carboxylic acids is 1. The molecule has 6 nitrogen and oxygen atoms in total. The van der Waals surface area contributed by atoms with E-state index < -0.39 is 17.5 Å². The maximum atomic E-state index is 13.8. The molecular weight excluding hydrogens is 328 g/mol. The molecule has 0 spiro atoms. The van der Waals surface area contributed by atoms with Gasteiger partial charge in [-0.05, 0) is 31.5 Å². The van der Waals surface area contributed by atoms with Crippen LogP contribution in [0.1, 0.15) is 28.9 Å². The summed E-state index contributed by atoms with van der Waals surface area (Å²) in [5, 5.41) is 2.87. The van der Waals surface area contributed by atoms with Crippen LogP contribution in [0.4, 0.5) is 14.6 Å². The number of hydrogen-bond acceptors (Lipinski definition) is 5. The standard InChI is InChI=1S/C17H19F2N5O/c18-13-4-1-5-14(19)12(13)10-24-8-2-3-11(9-24)23-17(25)15-16(20)22-7-6-21-15/h1,4-7,11H,2-3,8-10H2,(H2,20,22)(H,23,25). The third-order valence-electron chi connectivity index (χ3n) is 4.23. The second-order valence-corrected chi connectivity index (χ2v) is 6.04. The number of aromatic nitrogens is 2. The molecule has 2 heterocycles. The molecule has 1 saturated heterocycles. The number of anilines is 1. The summed E-state index contributed by atoms with van der Waals surface area (Å²) in [6.45, 7) is 1.38. The summed E-state index contributed by atoms with van der Waals surface area (Å²) in [6.07, 6.45) is 4.41. The highest BCUT2D eigenvalue weighted by molar-refractivity contribution is 5.96. The zero-order valence-corrected chi connectivity index (χ0v) is 13.6. The van der Waals surface area contributed by atoms with Crippen molar-refractivity contribution in [1.29, 1.82) is 0 Å². The van der Waals surface area contributed by atoms with E-state index in [1.54, 1.807) is 0 Å². The third-order valence-corrected chi connectivity index (χ3v) is 4.23. The average Bonchev–Trinajstić information content (AvgIpc) is 2.59. The highest BCUT2D eigenvalue weighted by Crippen LogP contribution is 2.18. The van der Waals surface area contributed by atoms with Crippen molar-refractivity contribution in [2.45, 2.75) is 25.4 Å². The number of benzene rings is 1. The van der Waals surface area contributed by atoms with Gasteiger partial charge in [-0.2, -0.15) is 0 Å². The first-order valence-electron chi connectivity index (χ1n) is 8.07. The van der Waals surface area contributed by atoms with Crippen LogP contribution in [-0.4, -0.2) is 39.9 Å². The fourth-order valence-corrected chi connectivity index (χ4v) is 3.00. The van der Waals surface area contributed by atoms with Gasteiger partial charge in [0.15, 0.2) is 11.5 Å². The SMILES string of the molecule is Nc1nccnc1C(=O)NC1CCCN(Cc2c(F)cccc2F)C1. The number of nitrogen functional groups attached to an aromatic ring is 1. The van der Waals surface area contributed by atoms with Crippen LogP contribution in [0.3, 0.4) is 0 Å². The molecule has 25 heavy (non-hydrogen) atoms. The highest BCUT2D eigenvalue weighted by Gasteiger charge is 2.24. The minimum atomic E-state index is -0.557. The Hall–Kier alpha value is -2.61. The van der Waals surface area contributed by atoms with Gasteiger partial charge < -0.3 is 11.1 Å². The van der Waals surface area contributed by atoms with E-state index in [0.717, 1.165) is 12.8 Å². The largest absolute Gasteiger partial charge is 0.382 e. The Kier molecular flexibility index (Phi) is 5.18. The van der Waals surface area contributed by atoms with Crippen LogP contribution in [0, 0.1) is 11.6 Å². The van der Waals surface area contributed by atoms with Crippen molar-refractivity contribution in [1.82, 2.24) is 20.2 Å². The minimum Gasteiger partial charge on any atom is -0.382 e. The Morgan fingerprint density at radius 3 is 2.72 bits per heavy atom. The van der Waals surface area contributed by atoms with Crippen molar-refractivity contribution < 1.29 is 13.6 Å². The van der Waals surface area contributed by atoms with Gasteiger partial charge in [-0.3, -0.25) is 9.69 Å². The molecule has 1 unspecified atom stereocenters. The Morgan fingerprint density at radius 2 is 2.00 bits per heavy atom. The molecule has 1 aromatic heterocycles. The molecule has 1 aliphatic heterocycles. The summed E-state index contributed by atoms with van der Waals surface area (Å²) >= 11 is 0. The van der Waals surface area contributed by atoms with Crippen molar-refractivity contribution in [3.63, 3.8) is 0 Å². The molecule has 2 aromatic rings. The van der Waals surface area contributed by atoms with Crippen molar-refractivity contribution in [2.75, 3.05) is 18.8 Å². The topological polar surface area (TPSA) is 84.1 Å². The molecule has 3 N–H and O–H groups in total. The van der Waals surface area contributed by atoms with Crippen LogP contribution in [0.25, 0.3) is 0 Å². The summed E-state index contributed by atoms with van der Waals surface area (Å²) in [7, 11) is 0. The van der Waals surface area contributed by atoms with Crippen molar-refractivity contribution in [2.24, 2.45) is 0 Å². The Labute approximate surface area is 144 Å². The van der Waals surface area contributed by atoms with E-state index in [1.165, 1.54) is 30.6 Å². The van der Waals surface area contributed by atoms with E-state index in [-0.39, 0.29) is 29.7 Å². The molecule has 0 saturated carbocycles. The van der Waals surface area contributed by atoms with Gasteiger partial charge >= 0.3 is 0 Å². The Bertz CT molecular complexity index is 750. The average molecular weight is 347 g/mol. The number of hydrogen-bond donors (Lipinski definition) is 2. The van der Waals surface area contributed by atoms with Crippen molar-refractivity contribution in [3.8, 4) is 0 Å². The van der Waals surface area contributed by atoms with Gasteiger partial charge in [0.25, 0.3) is 5.91 Å². The molecule has 1 atom stereocenters. The summed E-state index contributed by atoms with van der Waals surface area (Å²) in [6, 6.07) is 3.70. The number of nitrogens with one attached hydrogen (secondary N) is 1. The number of carbonyl (C=O) groups is 1. The number of rotatable bonds is 4. The van der Waals surface area contributed by atoms with Crippen molar-refractivity contribution in [3.05, 3.63) is 53.5 Å². The van der Waals surface area contributed by atoms with E-state index in [9.17, 15) is 13.6 Å². The molecule has 8 heteroatoms. The number of nitrogens with two attached hydrogens (primary N) is 1. The molecule has 1 fully saturated rings. The second kappa shape index (κ2) is 7.52. The van der Waals surface area contributed by atoms with Gasteiger partial charge in [0.1, 0.15) is 11.6 Å². The lowest BCUT2D eigenvalue weighted by Gasteiger charge is -2.33. The molecular formula is C17H19F2N5O. The number of likely N-dealkylation sites (tertiary alicyclic amines) is 1. The quantitative estimate of drug-likeness (QED) is 0.880. The van der Waals surface area contributed by atoms with Gasteiger partial charge in [0.2, 0.25) is 0 Å². The van der Waals surface area contributed by atoms with E-state index in [1.807, 2.05) is 4.90 Å². The zero-order valence-electron chi connectivity index (χ0n) is 13.6. The van der Waals surface area contributed by atoms with Crippen LogP contribution < -0.4 is 11.1 Å².